The zero-order chi connectivity index (χ0) is 34.6. The third-order valence-corrected chi connectivity index (χ3v) is 11.5. The lowest BCUT2D eigenvalue weighted by Crippen LogP contribution is -2.38. The van der Waals surface area contributed by atoms with Crippen LogP contribution in [0, 0.1) is 18.7 Å². The molecule has 8 rings (SSSR count). The predicted molar refractivity (Wildman–Crippen MR) is 202 cm³/mol. The molecule has 1 aliphatic carbocycles. The van der Waals surface area contributed by atoms with Crippen molar-refractivity contribution in [1.29, 1.82) is 0 Å². The van der Waals surface area contributed by atoms with E-state index in [2.05, 4.69) is 82.5 Å². The van der Waals surface area contributed by atoms with Crippen molar-refractivity contribution in [2.45, 2.75) is 50.7 Å². The maximum absolute atomic E-state index is 13.1. The number of hydrogen-bond acceptors (Lipinski definition) is 6. The number of halogens is 1. The Kier molecular flexibility index (Phi) is 10.6. The lowest BCUT2D eigenvalue weighted by Gasteiger charge is -2.31. The Balaban J connectivity index is 0.000000161. The molecule has 0 radical (unpaired) electrons. The van der Waals surface area contributed by atoms with Crippen molar-refractivity contribution in [1.82, 2.24) is 19.4 Å². The van der Waals surface area contributed by atoms with Crippen molar-refractivity contribution in [3.8, 4) is 0 Å². The predicted octanol–water partition coefficient (Wildman–Crippen LogP) is 7.63. The molecule has 0 saturated carbocycles. The number of Topliss-reactive ketones (excluding diaryl/α,β-unsaturated/α-hetero) is 1. The number of thioether (sulfide) groups is 1. The number of carbonyl (C=O) groups is 1. The van der Waals surface area contributed by atoms with E-state index in [1.54, 1.807) is 34.0 Å². The number of ketones is 1. The molecule has 0 N–H and O–H groups in total. The lowest BCUT2D eigenvalue weighted by molar-refractivity contribution is 0.0841. The Hall–Kier alpha value is -4.11. The normalized spacial score (nSPS) is 17.7. The number of nitrogens with zero attached hydrogens (tertiary/aromatic N) is 4. The van der Waals surface area contributed by atoms with Gasteiger partial charge in [0.05, 0.1) is 0 Å². The van der Waals surface area contributed by atoms with Crippen molar-refractivity contribution < 1.29 is 9.18 Å². The minimum atomic E-state index is -0.322. The van der Waals surface area contributed by atoms with Gasteiger partial charge in [-0.05, 0) is 111 Å². The van der Waals surface area contributed by atoms with Gasteiger partial charge in [-0.15, -0.1) is 0 Å². The average molecular weight is 689 g/mol. The van der Waals surface area contributed by atoms with E-state index in [0.29, 0.717) is 12.0 Å². The largest absolute Gasteiger partial charge is 0.306 e. The number of piperidine rings is 2. The van der Waals surface area contributed by atoms with Gasteiger partial charge in [-0.25, -0.2) is 9.37 Å². The molecule has 0 atom stereocenters. The number of benzene rings is 3. The number of aromatic nitrogens is 2. The van der Waals surface area contributed by atoms with E-state index >= 15 is 0 Å². The number of hydrogen-bond donors (Lipinski definition) is 0. The van der Waals surface area contributed by atoms with Gasteiger partial charge >= 0.3 is 0 Å². The van der Waals surface area contributed by atoms with Crippen molar-refractivity contribution in [3.63, 3.8) is 0 Å². The summed E-state index contributed by atoms with van der Waals surface area (Å²) in [4.78, 5) is 34.6. The summed E-state index contributed by atoms with van der Waals surface area (Å²) in [7, 11) is 2.22. The second-order valence-electron chi connectivity index (χ2n) is 13.8. The highest BCUT2D eigenvalue weighted by molar-refractivity contribution is 7.99. The SMILES string of the molecule is CN1CCC(=C2c3ccccc3C=Cc3ccccc32)CC1.Cc1nc2n(c(=O)c1CCN1CCC(C(=O)c3ccc(F)cc3)CC1)CCS2. The monoisotopic (exact) mass is 688 g/mol. The summed E-state index contributed by atoms with van der Waals surface area (Å²) in [6, 6.07) is 23.4. The van der Waals surface area contributed by atoms with Crippen LogP contribution in [-0.2, 0) is 13.0 Å². The first-order valence-electron chi connectivity index (χ1n) is 17.9. The summed E-state index contributed by atoms with van der Waals surface area (Å²) in [6.45, 7) is 7.48. The standard InChI is InChI=1S/C21H24FN3O2S.C21H21N/c1-14-18(20(27)25-12-13-28-21(25)23-14)8-11-24-9-6-16(7-10-24)19(26)15-2-4-17(22)5-3-15;1-22-14-12-18(13-15-22)21-19-8-4-2-6-16(19)10-11-17-7-3-5-9-20(17)21/h2-5,16H,6-13H2,1H3;2-11H,12-15H2,1H3. The number of likely N-dealkylation sites (tertiary alicyclic amines) is 2. The van der Waals surface area contributed by atoms with Crippen LogP contribution >= 0.6 is 11.8 Å². The first-order valence-corrected chi connectivity index (χ1v) is 18.9. The van der Waals surface area contributed by atoms with E-state index < -0.39 is 0 Å². The molecule has 2 saturated heterocycles. The van der Waals surface area contributed by atoms with Crippen LogP contribution in [0.1, 0.15) is 69.6 Å². The maximum atomic E-state index is 13.1. The fourth-order valence-corrected chi connectivity index (χ4v) is 8.61. The number of carbonyl (C=O) groups excluding carboxylic acids is 1. The van der Waals surface area contributed by atoms with Gasteiger partial charge < -0.3 is 9.80 Å². The Morgan fingerprint density at radius 2 is 1.48 bits per heavy atom. The highest BCUT2D eigenvalue weighted by atomic mass is 32.2. The van der Waals surface area contributed by atoms with Crippen molar-refractivity contribution in [3.05, 3.63) is 134 Å². The molecule has 0 unspecified atom stereocenters. The fourth-order valence-electron chi connectivity index (χ4n) is 7.62. The van der Waals surface area contributed by atoms with Gasteiger partial charge in [0, 0.05) is 54.7 Å². The number of aryl methyl sites for hydroxylation is 1. The van der Waals surface area contributed by atoms with Gasteiger partial charge in [0.1, 0.15) is 5.82 Å². The summed E-state index contributed by atoms with van der Waals surface area (Å²) in [5.74, 6) is 0.694. The van der Waals surface area contributed by atoms with E-state index in [-0.39, 0.29) is 23.1 Å². The smallest absolute Gasteiger partial charge is 0.257 e. The van der Waals surface area contributed by atoms with Crippen LogP contribution in [0.5, 0.6) is 0 Å². The minimum Gasteiger partial charge on any atom is -0.306 e. The molecule has 0 spiro atoms. The zero-order valence-electron chi connectivity index (χ0n) is 29.0. The van der Waals surface area contributed by atoms with Crippen LogP contribution in [0.25, 0.3) is 17.7 Å². The van der Waals surface area contributed by atoms with Crippen LogP contribution in [0.3, 0.4) is 0 Å². The molecule has 4 heterocycles. The highest BCUT2D eigenvalue weighted by Gasteiger charge is 2.27. The summed E-state index contributed by atoms with van der Waals surface area (Å²) >= 11 is 1.64. The number of fused-ring (bicyclic) bond motifs is 3. The maximum Gasteiger partial charge on any atom is 0.257 e. The van der Waals surface area contributed by atoms with Crippen LogP contribution in [-0.4, -0.2) is 70.7 Å². The molecular weight excluding hydrogens is 644 g/mol. The van der Waals surface area contributed by atoms with Gasteiger partial charge in [0.15, 0.2) is 10.9 Å². The van der Waals surface area contributed by atoms with Crippen molar-refractivity contribution in [2.24, 2.45) is 5.92 Å². The number of rotatable bonds is 5. The lowest BCUT2D eigenvalue weighted by atomic mass is 9.86. The Morgan fingerprint density at radius 1 is 0.860 bits per heavy atom. The molecule has 4 aromatic rings. The van der Waals surface area contributed by atoms with Crippen LogP contribution in [0.2, 0.25) is 0 Å². The Labute approximate surface area is 298 Å². The van der Waals surface area contributed by atoms with Gasteiger partial charge in [-0.2, -0.15) is 0 Å². The Bertz CT molecular complexity index is 1930. The van der Waals surface area contributed by atoms with Gasteiger partial charge in [-0.1, -0.05) is 78.0 Å². The average Bonchev–Trinajstić information content (AvgIpc) is 3.55. The molecule has 3 aliphatic heterocycles. The molecule has 50 heavy (non-hydrogen) atoms. The third-order valence-electron chi connectivity index (χ3n) is 10.6. The topological polar surface area (TPSA) is 58.4 Å². The van der Waals surface area contributed by atoms with Crippen LogP contribution in [0.4, 0.5) is 4.39 Å². The second kappa shape index (κ2) is 15.4. The molecule has 6 nitrogen and oxygen atoms in total. The van der Waals surface area contributed by atoms with Gasteiger partial charge in [0.25, 0.3) is 5.56 Å². The molecule has 2 fully saturated rings. The van der Waals surface area contributed by atoms with Crippen LogP contribution < -0.4 is 5.56 Å². The summed E-state index contributed by atoms with van der Waals surface area (Å²) < 4.78 is 14.8. The first-order chi connectivity index (χ1) is 24.4. The molecule has 1 aromatic heterocycles. The van der Waals surface area contributed by atoms with E-state index in [1.165, 1.54) is 52.8 Å². The third kappa shape index (κ3) is 7.48. The quantitative estimate of drug-likeness (QED) is 0.140. The van der Waals surface area contributed by atoms with Gasteiger partial charge in [0.2, 0.25) is 0 Å². The minimum absolute atomic E-state index is 0.00671. The van der Waals surface area contributed by atoms with Crippen molar-refractivity contribution >= 4 is 35.3 Å². The van der Waals surface area contributed by atoms with E-state index in [1.807, 2.05) is 6.92 Å². The summed E-state index contributed by atoms with van der Waals surface area (Å²) in [6.07, 6.45) is 9.16. The van der Waals surface area contributed by atoms with E-state index in [9.17, 15) is 14.0 Å². The fraction of sp³-hybridized carbons (Fsp3) is 0.357. The summed E-state index contributed by atoms with van der Waals surface area (Å²) in [5.41, 5.74) is 10.9. The first kappa shape index (κ1) is 34.3. The molecular formula is C42H45FN4O2S. The summed E-state index contributed by atoms with van der Waals surface area (Å²) in [5, 5.41) is 0.839. The molecule has 258 valence electrons. The second-order valence-corrected chi connectivity index (χ2v) is 14.9. The van der Waals surface area contributed by atoms with Crippen molar-refractivity contribution in [2.75, 3.05) is 45.5 Å². The molecule has 8 heteroatoms. The molecule has 4 aliphatic rings. The van der Waals surface area contributed by atoms with Gasteiger partial charge in [-0.3, -0.25) is 14.2 Å². The Morgan fingerprint density at radius 3 is 2.12 bits per heavy atom. The van der Waals surface area contributed by atoms with E-state index in [4.69, 9.17) is 0 Å². The highest BCUT2D eigenvalue weighted by Crippen LogP contribution is 2.38. The molecule has 0 bridgehead atoms. The zero-order valence-corrected chi connectivity index (χ0v) is 29.9. The molecule has 0 amide bonds. The molecule has 3 aromatic carbocycles. The van der Waals surface area contributed by atoms with Crippen LogP contribution in [0.15, 0.2) is 88.3 Å². The van der Waals surface area contributed by atoms with E-state index in [0.717, 1.165) is 74.3 Å².